The smallest absolute Gasteiger partial charge is 0.416 e. The Kier molecular flexibility index (Phi) is 10.7. The van der Waals surface area contributed by atoms with Gasteiger partial charge in [0.1, 0.15) is 11.9 Å². The van der Waals surface area contributed by atoms with Crippen LogP contribution in [0.1, 0.15) is 44.7 Å². The van der Waals surface area contributed by atoms with E-state index in [9.17, 15) is 22.2 Å². The molecular formula is C24H31F3N2O5S. The van der Waals surface area contributed by atoms with Crippen molar-refractivity contribution in [1.29, 1.82) is 0 Å². The summed E-state index contributed by atoms with van der Waals surface area (Å²) in [5, 5.41) is 10.6. The minimum atomic E-state index is -4.40. The number of ether oxygens (including phenoxy) is 1. The number of hydrogen-bond acceptors (Lipinski definition) is 6. The number of halogens is 3. The van der Waals surface area contributed by atoms with Crippen molar-refractivity contribution in [3.05, 3.63) is 65.7 Å². The molecule has 1 fully saturated rings. The molecule has 35 heavy (non-hydrogen) atoms. The van der Waals surface area contributed by atoms with Crippen LogP contribution in [-0.4, -0.2) is 44.3 Å². The van der Waals surface area contributed by atoms with Crippen LogP contribution in [0.15, 0.2) is 54.6 Å². The van der Waals surface area contributed by atoms with Crippen molar-refractivity contribution in [2.75, 3.05) is 13.1 Å². The summed E-state index contributed by atoms with van der Waals surface area (Å²) >= 11 is -2.11. The molecule has 2 aromatic carbocycles. The maximum absolute atomic E-state index is 13.0. The first-order valence-corrected chi connectivity index (χ1v) is 12.4. The molecule has 0 bridgehead atoms. The molecule has 0 spiro atoms. The Morgan fingerprint density at radius 1 is 1.09 bits per heavy atom. The van der Waals surface area contributed by atoms with Gasteiger partial charge in [-0.05, 0) is 49.6 Å². The third-order valence-electron chi connectivity index (χ3n) is 5.39. The average Bonchev–Trinajstić information content (AvgIpc) is 2.86. The molecule has 11 heteroatoms. The molecule has 0 saturated carbocycles. The van der Waals surface area contributed by atoms with Gasteiger partial charge >= 0.3 is 6.18 Å². The molecule has 7 nitrogen and oxygen atoms in total. The van der Waals surface area contributed by atoms with Crippen molar-refractivity contribution in [3.63, 3.8) is 0 Å². The van der Waals surface area contributed by atoms with Gasteiger partial charge in [0, 0.05) is 19.5 Å². The second-order valence-corrected chi connectivity index (χ2v) is 9.43. The van der Waals surface area contributed by atoms with E-state index in [-0.39, 0.29) is 12.5 Å². The number of nitrogens with one attached hydrogen (secondary N) is 1. The second-order valence-electron chi connectivity index (χ2n) is 7.91. The lowest BCUT2D eigenvalue weighted by atomic mass is 10.00. The minimum absolute atomic E-state index is 0.0837. The van der Waals surface area contributed by atoms with Crippen molar-refractivity contribution in [2.24, 2.45) is 0 Å². The lowest BCUT2D eigenvalue weighted by Gasteiger charge is -2.33. The Morgan fingerprint density at radius 3 is 2.17 bits per heavy atom. The van der Waals surface area contributed by atoms with Gasteiger partial charge in [0.05, 0.1) is 5.56 Å². The number of carbonyl (C=O) groups excluding carboxylic acids is 1. The largest absolute Gasteiger partial charge is 0.490 e. The van der Waals surface area contributed by atoms with Gasteiger partial charge < -0.3 is 4.74 Å². The zero-order chi connectivity index (χ0) is 26.1. The number of benzene rings is 2. The maximum atomic E-state index is 13.0. The first-order valence-electron chi connectivity index (χ1n) is 11.3. The van der Waals surface area contributed by atoms with Crippen LogP contribution in [0.4, 0.5) is 13.2 Å². The standard InChI is InChI=1S/C22H25F3N2O5S.C2H6/c1-21(20(28)26-29,15-16-5-3-2-4-6-16)33(30)32-27-13-11-19(12-14-27)31-18-9-7-17(8-10-18)22(23,24)25;1-2/h2-10,19,29H,11-15H2,1H3,(H,26,28);1-2H3. The molecule has 194 valence electrons. The van der Waals surface area contributed by atoms with Gasteiger partial charge in [-0.1, -0.05) is 44.2 Å². The predicted molar refractivity (Wildman–Crippen MR) is 126 cm³/mol. The Balaban J connectivity index is 0.00000210. The van der Waals surface area contributed by atoms with Gasteiger partial charge in [-0.25, -0.2) is 9.69 Å². The molecule has 2 unspecified atom stereocenters. The molecule has 3 rings (SSSR count). The van der Waals surface area contributed by atoms with E-state index in [1.165, 1.54) is 24.1 Å². The van der Waals surface area contributed by atoms with Crippen LogP contribution in [0, 0.1) is 0 Å². The topological polar surface area (TPSA) is 88.1 Å². The average molecular weight is 517 g/mol. The number of carbonyl (C=O) groups is 1. The first kappa shape index (κ1) is 28.8. The molecule has 2 aromatic rings. The van der Waals surface area contributed by atoms with Crippen LogP contribution >= 0.6 is 0 Å². The summed E-state index contributed by atoms with van der Waals surface area (Å²) in [6.45, 7) is 6.14. The second kappa shape index (κ2) is 13.0. The van der Waals surface area contributed by atoms with Crippen LogP contribution in [-0.2, 0) is 32.8 Å². The summed E-state index contributed by atoms with van der Waals surface area (Å²) in [7, 11) is 0. The van der Waals surface area contributed by atoms with E-state index in [4.69, 9.17) is 14.2 Å². The molecule has 1 aliphatic rings. The molecule has 0 radical (unpaired) electrons. The lowest BCUT2D eigenvalue weighted by Crippen LogP contribution is -2.51. The van der Waals surface area contributed by atoms with Crippen molar-refractivity contribution < 1.29 is 36.4 Å². The number of rotatable bonds is 8. The molecule has 2 atom stereocenters. The fraction of sp³-hybridized carbons (Fsp3) is 0.458. The van der Waals surface area contributed by atoms with Crippen LogP contribution < -0.4 is 10.2 Å². The Bertz CT molecular complexity index is 952. The van der Waals surface area contributed by atoms with Crippen molar-refractivity contribution in [1.82, 2.24) is 10.5 Å². The third-order valence-corrected chi connectivity index (χ3v) is 6.80. The summed E-state index contributed by atoms with van der Waals surface area (Å²) in [5.74, 6) is -0.494. The number of nitrogens with zero attached hydrogens (tertiary/aromatic N) is 1. The highest BCUT2D eigenvalue weighted by Crippen LogP contribution is 2.31. The van der Waals surface area contributed by atoms with Crippen molar-refractivity contribution >= 4 is 17.0 Å². The molecule has 1 aliphatic heterocycles. The molecular weight excluding hydrogens is 485 g/mol. The minimum Gasteiger partial charge on any atom is -0.490 e. The van der Waals surface area contributed by atoms with Gasteiger partial charge in [0.15, 0.2) is 15.8 Å². The summed E-state index contributed by atoms with van der Waals surface area (Å²) in [6, 6.07) is 13.5. The number of hydroxylamine groups is 3. The van der Waals surface area contributed by atoms with E-state index in [0.717, 1.165) is 17.7 Å². The van der Waals surface area contributed by atoms with E-state index in [0.29, 0.717) is 31.7 Å². The monoisotopic (exact) mass is 516 g/mol. The zero-order valence-corrected chi connectivity index (χ0v) is 20.7. The highest BCUT2D eigenvalue weighted by atomic mass is 32.2. The summed E-state index contributed by atoms with van der Waals surface area (Å²) in [5.41, 5.74) is 1.58. The number of hydrogen-bond donors (Lipinski definition) is 2. The summed E-state index contributed by atoms with van der Waals surface area (Å²) in [6.07, 6.45) is -3.59. The van der Waals surface area contributed by atoms with Crippen LogP contribution in [0.3, 0.4) is 0 Å². The first-order chi connectivity index (χ1) is 16.6. The lowest BCUT2D eigenvalue weighted by molar-refractivity contribution is -0.137. The van der Waals surface area contributed by atoms with E-state index >= 15 is 0 Å². The maximum Gasteiger partial charge on any atom is 0.416 e. The molecule has 1 saturated heterocycles. The highest BCUT2D eigenvalue weighted by molar-refractivity contribution is 7.82. The normalized spacial score (nSPS) is 17.5. The number of alkyl halides is 3. The number of amides is 1. The Morgan fingerprint density at radius 2 is 1.66 bits per heavy atom. The predicted octanol–water partition coefficient (Wildman–Crippen LogP) is 4.68. The SMILES string of the molecule is CC.CC(Cc1ccccc1)(C(=O)NO)S(=O)ON1CCC(Oc2ccc(C(F)(F)F)cc2)CC1. The summed E-state index contributed by atoms with van der Waals surface area (Å²) < 4.78 is 60.8. The van der Waals surface area contributed by atoms with Crippen LogP contribution in [0.2, 0.25) is 0 Å². The third kappa shape index (κ3) is 8.03. The van der Waals surface area contributed by atoms with Gasteiger partial charge in [-0.15, -0.1) is 0 Å². The van der Waals surface area contributed by atoms with E-state index in [2.05, 4.69) is 0 Å². The fourth-order valence-corrected chi connectivity index (χ4v) is 4.42. The zero-order valence-electron chi connectivity index (χ0n) is 19.9. The van der Waals surface area contributed by atoms with E-state index < -0.39 is 33.5 Å². The van der Waals surface area contributed by atoms with E-state index in [1.807, 2.05) is 19.9 Å². The number of piperidine rings is 1. The molecule has 2 N–H and O–H groups in total. The molecule has 1 heterocycles. The molecule has 0 aliphatic carbocycles. The molecule has 1 amide bonds. The highest BCUT2D eigenvalue weighted by Gasteiger charge is 2.43. The van der Waals surface area contributed by atoms with Gasteiger partial charge in [-0.2, -0.15) is 22.5 Å². The Hall–Kier alpha value is -2.47. The molecule has 0 aromatic heterocycles. The van der Waals surface area contributed by atoms with Crippen LogP contribution in [0.5, 0.6) is 5.75 Å². The van der Waals surface area contributed by atoms with Gasteiger partial charge in [-0.3, -0.25) is 10.0 Å². The van der Waals surface area contributed by atoms with Gasteiger partial charge in [0.2, 0.25) is 0 Å². The van der Waals surface area contributed by atoms with Crippen molar-refractivity contribution in [3.8, 4) is 5.75 Å². The summed E-state index contributed by atoms with van der Waals surface area (Å²) in [4.78, 5) is 12.3. The quantitative estimate of drug-likeness (QED) is 0.392. The van der Waals surface area contributed by atoms with Gasteiger partial charge in [0.25, 0.3) is 5.91 Å². The fourth-order valence-electron chi connectivity index (χ4n) is 3.44. The van der Waals surface area contributed by atoms with Crippen molar-refractivity contribution in [2.45, 2.75) is 57.1 Å². The van der Waals surface area contributed by atoms with Crippen LogP contribution in [0.25, 0.3) is 0 Å². The Labute approximate surface area is 205 Å². The van der Waals surface area contributed by atoms with E-state index in [1.54, 1.807) is 29.7 Å².